The lowest BCUT2D eigenvalue weighted by molar-refractivity contribution is -0.122. The first-order valence-electron chi connectivity index (χ1n) is 18.6. The number of ether oxygens (including phenoxy) is 2. The van der Waals surface area contributed by atoms with E-state index in [9.17, 15) is 4.79 Å². The molecule has 55 heavy (non-hydrogen) atoms. The van der Waals surface area contributed by atoms with Gasteiger partial charge < -0.3 is 29.7 Å². The van der Waals surface area contributed by atoms with Crippen molar-refractivity contribution in [3.63, 3.8) is 0 Å². The van der Waals surface area contributed by atoms with Crippen LogP contribution in [0.4, 0.5) is 16.6 Å². The first-order valence-corrected chi connectivity index (χ1v) is 19.0. The lowest BCUT2D eigenvalue weighted by Gasteiger charge is -2.32. The molecule has 1 saturated heterocycles. The highest BCUT2D eigenvalue weighted by Gasteiger charge is 2.30. The van der Waals surface area contributed by atoms with Gasteiger partial charge >= 0.3 is 6.03 Å². The van der Waals surface area contributed by atoms with Gasteiger partial charge in [-0.1, -0.05) is 56.6 Å². The van der Waals surface area contributed by atoms with Crippen LogP contribution >= 0.6 is 11.6 Å². The van der Waals surface area contributed by atoms with Crippen LogP contribution in [-0.2, 0) is 10.2 Å². The standard InChI is InChI=1S/C39H48ClN9O3.CH2O2/c1-39(2,3)34-24-36(49(45-34)32-23-26(13-15-30(32)40)51-22-21-46(4)5)42-37(50)41-31-16-17-33(29-12-8-7-11-28(29)31)52-27-14-18-35-43-44-38(48(35)25-27)47-19-9-6-10-20-47;2-1-3/h7-8,11-15,18,23-25,31,33H,6,9-10,16-17,19-22H2,1-5H3,(H2,41,42,50);1H,(H,2,3)/t31-,33+;/m0./s1. The summed E-state index contributed by atoms with van der Waals surface area (Å²) < 4.78 is 16.4. The summed E-state index contributed by atoms with van der Waals surface area (Å²) in [5, 5.41) is 27.5. The van der Waals surface area contributed by atoms with Gasteiger partial charge in [0.25, 0.3) is 6.47 Å². The number of carbonyl (C=O) groups is 2. The van der Waals surface area contributed by atoms with Gasteiger partial charge in [0.1, 0.15) is 30.0 Å². The molecule has 3 aromatic heterocycles. The zero-order chi connectivity index (χ0) is 39.1. The SMILES string of the molecule is CN(C)CCOc1ccc(Cl)c(-n2nc(C(C)(C)C)cc2NC(=O)N[C@H]2CC[C@@H](Oc3ccc4nnc(N5CCCCC5)n4c3)c3ccccc32)c1.O=CO. The topological polar surface area (TPSA) is 151 Å². The van der Waals surface area contributed by atoms with Crippen LogP contribution in [0, 0.1) is 0 Å². The van der Waals surface area contributed by atoms with Gasteiger partial charge in [-0.2, -0.15) is 5.10 Å². The molecule has 1 aliphatic carbocycles. The molecule has 0 radical (unpaired) electrons. The Morgan fingerprint density at radius 3 is 2.45 bits per heavy atom. The van der Waals surface area contributed by atoms with Crippen molar-refractivity contribution >= 4 is 41.5 Å². The molecule has 2 aliphatic rings. The third-order valence-corrected chi connectivity index (χ3v) is 10.0. The number of nitrogens with zero attached hydrogens (tertiary/aromatic N) is 7. The number of aromatic nitrogens is 5. The largest absolute Gasteiger partial charge is 0.492 e. The number of piperidine rings is 1. The Kier molecular flexibility index (Phi) is 12.5. The molecule has 2 aromatic carbocycles. The van der Waals surface area contributed by atoms with E-state index in [1.807, 2.05) is 67.2 Å². The third-order valence-electron chi connectivity index (χ3n) is 9.69. The number of fused-ring (bicyclic) bond motifs is 2. The van der Waals surface area contributed by atoms with Crippen LogP contribution in [0.2, 0.25) is 5.02 Å². The van der Waals surface area contributed by atoms with Gasteiger partial charge in [0, 0.05) is 37.2 Å². The molecule has 1 aliphatic heterocycles. The zero-order valence-corrected chi connectivity index (χ0v) is 32.8. The first-order chi connectivity index (χ1) is 26.4. The van der Waals surface area contributed by atoms with Gasteiger partial charge in [-0.25, -0.2) is 9.48 Å². The predicted octanol–water partition coefficient (Wildman–Crippen LogP) is 7.27. The van der Waals surface area contributed by atoms with Crippen LogP contribution in [-0.4, -0.2) is 87.2 Å². The van der Waals surface area contributed by atoms with Crippen molar-refractivity contribution in [3.8, 4) is 17.2 Å². The minimum Gasteiger partial charge on any atom is -0.492 e. The number of benzene rings is 2. The number of amides is 2. The van der Waals surface area contributed by atoms with Crippen LogP contribution in [0.25, 0.3) is 11.3 Å². The van der Waals surface area contributed by atoms with Crippen LogP contribution in [0.15, 0.2) is 66.9 Å². The lowest BCUT2D eigenvalue weighted by Crippen LogP contribution is -2.36. The van der Waals surface area contributed by atoms with Gasteiger partial charge in [0.15, 0.2) is 5.65 Å². The molecule has 7 rings (SSSR count). The molecule has 15 heteroatoms. The van der Waals surface area contributed by atoms with Crippen LogP contribution in [0.1, 0.15) is 81.8 Å². The summed E-state index contributed by atoms with van der Waals surface area (Å²) in [5.74, 6) is 2.79. The van der Waals surface area contributed by atoms with E-state index in [-0.39, 0.29) is 30.1 Å². The molecular weight excluding hydrogens is 722 g/mol. The Morgan fingerprint density at radius 2 is 1.73 bits per heavy atom. The summed E-state index contributed by atoms with van der Waals surface area (Å²) >= 11 is 6.72. The van der Waals surface area contributed by atoms with Crippen molar-refractivity contribution in [1.82, 2.24) is 34.6 Å². The van der Waals surface area contributed by atoms with Crippen molar-refractivity contribution < 1.29 is 24.2 Å². The van der Waals surface area contributed by atoms with E-state index in [1.165, 1.54) is 6.42 Å². The van der Waals surface area contributed by atoms with Crippen molar-refractivity contribution in [1.29, 1.82) is 0 Å². The van der Waals surface area contributed by atoms with Gasteiger partial charge in [-0.15, -0.1) is 10.2 Å². The van der Waals surface area contributed by atoms with E-state index in [1.54, 1.807) is 10.7 Å². The molecule has 5 aromatic rings. The highest BCUT2D eigenvalue weighted by molar-refractivity contribution is 6.32. The molecule has 2 atom stereocenters. The summed E-state index contributed by atoms with van der Waals surface area (Å²) in [6, 6.07) is 18.9. The molecule has 0 spiro atoms. The molecule has 0 saturated carbocycles. The summed E-state index contributed by atoms with van der Waals surface area (Å²) in [7, 11) is 4.00. The van der Waals surface area contributed by atoms with E-state index < -0.39 is 0 Å². The molecule has 0 bridgehead atoms. The summed E-state index contributed by atoms with van der Waals surface area (Å²) in [4.78, 5) is 26.5. The monoisotopic (exact) mass is 771 g/mol. The van der Waals surface area contributed by atoms with Gasteiger partial charge in [-0.3, -0.25) is 14.5 Å². The molecule has 1 fully saturated rings. The van der Waals surface area contributed by atoms with Crippen molar-refractivity contribution in [2.45, 2.75) is 70.4 Å². The smallest absolute Gasteiger partial charge is 0.320 e. The Bertz CT molecular complexity index is 2090. The van der Waals surface area contributed by atoms with Crippen molar-refractivity contribution in [2.24, 2.45) is 0 Å². The fourth-order valence-corrected chi connectivity index (χ4v) is 7.04. The van der Waals surface area contributed by atoms with Crippen LogP contribution in [0.3, 0.4) is 0 Å². The first kappa shape index (κ1) is 39.4. The summed E-state index contributed by atoms with van der Waals surface area (Å²) in [6.45, 7) is 9.27. The van der Waals surface area contributed by atoms with Gasteiger partial charge in [0.2, 0.25) is 5.95 Å². The summed E-state index contributed by atoms with van der Waals surface area (Å²) in [6.07, 6.45) is 6.82. The van der Waals surface area contributed by atoms with Gasteiger partial charge in [0.05, 0.1) is 28.6 Å². The summed E-state index contributed by atoms with van der Waals surface area (Å²) in [5.41, 5.74) is 4.04. The number of hydrogen-bond donors (Lipinski definition) is 3. The van der Waals surface area contributed by atoms with E-state index in [0.717, 1.165) is 73.1 Å². The second-order valence-corrected chi connectivity index (χ2v) is 15.5. The maximum absolute atomic E-state index is 13.7. The third kappa shape index (κ3) is 9.49. The number of hydrogen-bond acceptors (Lipinski definition) is 9. The van der Waals surface area contributed by atoms with Gasteiger partial charge in [-0.05, 0) is 81.6 Å². The molecule has 2 amide bonds. The number of anilines is 2. The lowest BCUT2D eigenvalue weighted by atomic mass is 9.85. The number of halogens is 1. The Morgan fingerprint density at radius 1 is 1.00 bits per heavy atom. The van der Waals surface area contributed by atoms with Crippen molar-refractivity contribution in [3.05, 3.63) is 88.7 Å². The van der Waals surface area contributed by atoms with E-state index in [0.29, 0.717) is 35.3 Å². The normalized spacial score (nSPS) is 16.9. The average Bonchev–Trinajstić information content (AvgIpc) is 3.78. The minimum atomic E-state index is -0.335. The molecular formula is C40H50ClN9O5. The number of pyridine rings is 1. The van der Waals surface area contributed by atoms with E-state index >= 15 is 0 Å². The Hall–Kier alpha value is -5.34. The Labute approximate surface area is 326 Å². The zero-order valence-electron chi connectivity index (χ0n) is 32.0. The molecule has 3 N–H and O–H groups in total. The second-order valence-electron chi connectivity index (χ2n) is 15.1. The molecule has 4 heterocycles. The quantitative estimate of drug-likeness (QED) is 0.124. The number of carbonyl (C=O) groups excluding carboxylic acids is 1. The number of nitrogens with one attached hydrogen (secondary N) is 2. The highest BCUT2D eigenvalue weighted by atomic mass is 35.5. The fraction of sp³-hybridized carbons (Fsp3) is 0.425. The second kappa shape index (κ2) is 17.4. The maximum Gasteiger partial charge on any atom is 0.320 e. The fourth-order valence-electron chi connectivity index (χ4n) is 6.85. The van der Waals surface area contributed by atoms with E-state index in [4.69, 9.17) is 36.1 Å². The van der Waals surface area contributed by atoms with Crippen LogP contribution < -0.4 is 25.0 Å². The molecule has 292 valence electrons. The Balaban J connectivity index is 0.00000166. The average molecular weight is 772 g/mol. The van der Waals surface area contributed by atoms with E-state index in [2.05, 4.69) is 63.5 Å². The van der Waals surface area contributed by atoms with Crippen LogP contribution in [0.5, 0.6) is 11.5 Å². The number of carboxylic acid groups (broad SMARTS) is 1. The highest BCUT2D eigenvalue weighted by Crippen LogP contribution is 2.39. The minimum absolute atomic E-state index is 0.171. The van der Waals surface area contributed by atoms with Crippen molar-refractivity contribution in [2.75, 3.05) is 50.6 Å². The number of rotatable bonds is 10. The predicted molar refractivity (Wildman–Crippen MR) is 213 cm³/mol. The number of likely N-dealkylation sites (N-methyl/N-ethyl adjacent to an activating group) is 1. The number of urea groups is 1. The molecule has 14 nitrogen and oxygen atoms in total. The molecule has 0 unspecified atom stereocenters. The maximum atomic E-state index is 13.7.